The molecule has 0 saturated carbocycles. The van der Waals surface area contributed by atoms with Crippen molar-refractivity contribution in [1.82, 2.24) is 0 Å². The number of hydrogen-bond acceptors (Lipinski definition) is 3. The summed E-state index contributed by atoms with van der Waals surface area (Å²) in [7, 11) is 0. The highest BCUT2D eigenvalue weighted by Crippen LogP contribution is 2.25. The second kappa shape index (κ2) is 5.95. The molecule has 1 aromatic rings. The summed E-state index contributed by atoms with van der Waals surface area (Å²) in [5.74, 6) is -3.02. The van der Waals surface area contributed by atoms with Crippen LogP contribution < -0.4 is 4.74 Å². The average Bonchev–Trinajstić information content (AvgIpc) is 2.25. The number of halogens is 2. The van der Waals surface area contributed by atoms with Crippen LogP contribution in [0.5, 0.6) is 5.75 Å². The summed E-state index contributed by atoms with van der Waals surface area (Å²) in [4.78, 5) is 21.4. The zero-order valence-corrected chi connectivity index (χ0v) is 9.10. The van der Waals surface area contributed by atoms with Crippen molar-refractivity contribution < 1.29 is 33.3 Å². The summed E-state index contributed by atoms with van der Waals surface area (Å²) in [6.45, 7) is -3.14. The van der Waals surface area contributed by atoms with Crippen LogP contribution in [0.3, 0.4) is 0 Å². The van der Waals surface area contributed by atoms with Gasteiger partial charge < -0.3 is 14.9 Å². The topological polar surface area (TPSA) is 83.8 Å². The van der Waals surface area contributed by atoms with E-state index in [4.69, 9.17) is 10.2 Å². The fourth-order valence-corrected chi connectivity index (χ4v) is 1.46. The molecule has 7 heteroatoms. The summed E-state index contributed by atoms with van der Waals surface area (Å²) in [6.07, 6.45) is -0.365. The third-order valence-corrected chi connectivity index (χ3v) is 2.15. The molecule has 0 aromatic heterocycles. The maximum absolute atomic E-state index is 12.1. The van der Waals surface area contributed by atoms with Gasteiger partial charge in [0, 0.05) is 6.42 Å². The summed E-state index contributed by atoms with van der Waals surface area (Å²) in [5.41, 5.74) is -0.290. The number of rotatable bonds is 6. The number of aryl methyl sites for hydroxylation is 1. The van der Waals surface area contributed by atoms with Crippen molar-refractivity contribution in [2.24, 2.45) is 0 Å². The van der Waals surface area contributed by atoms with Gasteiger partial charge in [0.25, 0.3) is 0 Å². The van der Waals surface area contributed by atoms with E-state index in [2.05, 4.69) is 4.74 Å². The number of carbonyl (C=O) groups is 2. The molecule has 2 N–H and O–H groups in total. The molecular formula is C11H10F2O5. The first kappa shape index (κ1) is 13.9. The van der Waals surface area contributed by atoms with Crippen molar-refractivity contribution in [3.8, 4) is 5.75 Å². The molecule has 0 aliphatic carbocycles. The second-order valence-corrected chi connectivity index (χ2v) is 3.37. The first-order chi connectivity index (χ1) is 8.41. The van der Waals surface area contributed by atoms with Crippen LogP contribution in [-0.2, 0) is 11.2 Å². The Morgan fingerprint density at radius 2 is 1.94 bits per heavy atom. The second-order valence-electron chi connectivity index (χ2n) is 3.37. The highest BCUT2D eigenvalue weighted by molar-refractivity contribution is 5.92. The minimum absolute atomic E-state index is 0.0720. The van der Waals surface area contributed by atoms with Crippen molar-refractivity contribution >= 4 is 11.9 Å². The van der Waals surface area contributed by atoms with Gasteiger partial charge >= 0.3 is 18.6 Å². The Hall–Kier alpha value is -2.18. The lowest BCUT2D eigenvalue weighted by Crippen LogP contribution is -2.11. The SMILES string of the molecule is O=C(O)CCc1cccc(OC(F)F)c1C(=O)O. The lowest BCUT2D eigenvalue weighted by atomic mass is 10.0. The molecule has 0 amide bonds. The van der Waals surface area contributed by atoms with Gasteiger partial charge in [0.15, 0.2) is 0 Å². The summed E-state index contributed by atoms with van der Waals surface area (Å²) in [5, 5.41) is 17.5. The Morgan fingerprint density at radius 3 is 2.44 bits per heavy atom. The van der Waals surface area contributed by atoms with E-state index in [1.54, 1.807) is 0 Å². The average molecular weight is 260 g/mol. The van der Waals surface area contributed by atoms with Gasteiger partial charge in [0.2, 0.25) is 0 Å². The molecular weight excluding hydrogens is 250 g/mol. The van der Waals surface area contributed by atoms with Gasteiger partial charge in [-0.1, -0.05) is 12.1 Å². The Kier molecular flexibility index (Phi) is 4.59. The molecule has 0 atom stereocenters. The summed E-state index contributed by atoms with van der Waals surface area (Å²) in [6, 6.07) is 3.80. The van der Waals surface area contributed by atoms with E-state index in [0.29, 0.717) is 0 Å². The molecule has 0 fully saturated rings. The number of benzene rings is 1. The Labute approximate surface area is 101 Å². The maximum atomic E-state index is 12.1. The van der Waals surface area contributed by atoms with E-state index in [1.165, 1.54) is 12.1 Å². The highest BCUT2D eigenvalue weighted by atomic mass is 19.3. The normalized spacial score (nSPS) is 10.4. The summed E-state index contributed by atoms with van der Waals surface area (Å²) < 4.78 is 28.3. The van der Waals surface area contributed by atoms with Crippen molar-refractivity contribution in [3.63, 3.8) is 0 Å². The molecule has 0 aliphatic heterocycles. The predicted molar refractivity (Wildman–Crippen MR) is 56.0 cm³/mol. The number of carboxylic acid groups (broad SMARTS) is 2. The van der Waals surface area contributed by atoms with Crippen molar-refractivity contribution in [2.75, 3.05) is 0 Å². The summed E-state index contributed by atoms with van der Waals surface area (Å²) >= 11 is 0. The third-order valence-electron chi connectivity index (χ3n) is 2.15. The lowest BCUT2D eigenvalue weighted by molar-refractivity contribution is -0.137. The zero-order chi connectivity index (χ0) is 13.7. The van der Waals surface area contributed by atoms with Crippen LogP contribution in [0.15, 0.2) is 18.2 Å². The third kappa shape index (κ3) is 3.69. The van der Waals surface area contributed by atoms with Crippen LogP contribution in [0.2, 0.25) is 0 Å². The van der Waals surface area contributed by atoms with Crippen molar-refractivity contribution in [1.29, 1.82) is 0 Å². The molecule has 98 valence electrons. The molecule has 1 rings (SSSR count). The van der Waals surface area contributed by atoms with Crippen LogP contribution in [0, 0.1) is 0 Å². The molecule has 0 heterocycles. The first-order valence-electron chi connectivity index (χ1n) is 4.93. The van der Waals surface area contributed by atoms with E-state index >= 15 is 0 Å². The van der Waals surface area contributed by atoms with E-state index in [1.807, 2.05) is 0 Å². The lowest BCUT2D eigenvalue weighted by Gasteiger charge is -2.11. The standard InChI is InChI=1S/C11H10F2O5/c12-11(13)18-7-3-1-2-6(4-5-8(14)15)9(7)10(16)17/h1-3,11H,4-5H2,(H,14,15)(H,16,17). The van der Waals surface area contributed by atoms with E-state index < -0.39 is 29.9 Å². The van der Waals surface area contributed by atoms with Gasteiger partial charge in [-0.25, -0.2) is 4.79 Å². The largest absolute Gasteiger partial charge is 0.481 e. The van der Waals surface area contributed by atoms with Crippen molar-refractivity contribution in [2.45, 2.75) is 19.5 Å². The number of ether oxygens (including phenoxy) is 1. The molecule has 18 heavy (non-hydrogen) atoms. The zero-order valence-electron chi connectivity index (χ0n) is 9.10. The van der Waals surface area contributed by atoms with Gasteiger partial charge in [-0.3, -0.25) is 4.79 Å². The maximum Gasteiger partial charge on any atom is 0.387 e. The molecule has 1 aromatic carbocycles. The van der Waals surface area contributed by atoms with Gasteiger partial charge in [-0.05, 0) is 18.1 Å². The molecule has 0 radical (unpaired) electrons. The number of carboxylic acids is 2. The number of alkyl halides is 2. The number of hydrogen-bond donors (Lipinski definition) is 2. The van der Waals surface area contributed by atoms with Crippen LogP contribution in [0.25, 0.3) is 0 Å². The highest BCUT2D eigenvalue weighted by Gasteiger charge is 2.19. The van der Waals surface area contributed by atoms with Crippen LogP contribution >= 0.6 is 0 Å². The molecule has 0 saturated heterocycles. The van der Waals surface area contributed by atoms with Gasteiger partial charge in [0.05, 0.1) is 0 Å². The molecule has 0 aliphatic rings. The molecule has 0 spiro atoms. The Morgan fingerprint density at radius 1 is 1.28 bits per heavy atom. The fourth-order valence-electron chi connectivity index (χ4n) is 1.46. The first-order valence-corrected chi connectivity index (χ1v) is 4.93. The monoisotopic (exact) mass is 260 g/mol. The minimum atomic E-state index is -3.14. The van der Waals surface area contributed by atoms with Crippen LogP contribution in [-0.4, -0.2) is 28.8 Å². The van der Waals surface area contributed by atoms with E-state index in [9.17, 15) is 18.4 Å². The van der Waals surface area contributed by atoms with Crippen molar-refractivity contribution in [3.05, 3.63) is 29.3 Å². The van der Waals surface area contributed by atoms with Crippen LogP contribution in [0.4, 0.5) is 8.78 Å². The smallest absolute Gasteiger partial charge is 0.387 e. The van der Waals surface area contributed by atoms with Crippen LogP contribution in [0.1, 0.15) is 22.3 Å². The van der Waals surface area contributed by atoms with Gasteiger partial charge in [-0.15, -0.1) is 0 Å². The quantitative estimate of drug-likeness (QED) is 0.817. The molecule has 0 bridgehead atoms. The van der Waals surface area contributed by atoms with E-state index in [-0.39, 0.29) is 18.4 Å². The van der Waals surface area contributed by atoms with Gasteiger partial charge in [-0.2, -0.15) is 8.78 Å². The van der Waals surface area contributed by atoms with E-state index in [0.717, 1.165) is 6.07 Å². The molecule has 0 unspecified atom stereocenters. The minimum Gasteiger partial charge on any atom is -0.481 e. The predicted octanol–water partition coefficient (Wildman–Crippen LogP) is 2.00. The Bertz CT molecular complexity index is 459. The number of aromatic carboxylic acids is 1. The fraction of sp³-hybridized carbons (Fsp3) is 0.273. The molecule has 5 nitrogen and oxygen atoms in total. The Balaban J connectivity index is 3.09. The number of aliphatic carboxylic acids is 1. The van der Waals surface area contributed by atoms with Gasteiger partial charge in [0.1, 0.15) is 11.3 Å².